The number of rotatable bonds is 2. The quantitative estimate of drug-likeness (QED) is 0.730. The Morgan fingerprint density at radius 3 is 2.29 bits per heavy atom. The van der Waals surface area contributed by atoms with Crippen molar-refractivity contribution in [2.75, 3.05) is 53.4 Å². The summed E-state index contributed by atoms with van der Waals surface area (Å²) in [6.07, 6.45) is 3.27. The van der Waals surface area contributed by atoms with E-state index in [0.29, 0.717) is 23.8 Å². The van der Waals surface area contributed by atoms with Crippen LogP contribution in [0.15, 0.2) is 0 Å². The van der Waals surface area contributed by atoms with Gasteiger partial charge in [-0.2, -0.15) is 0 Å². The summed E-state index contributed by atoms with van der Waals surface area (Å²) in [5, 5.41) is 3.63. The lowest BCUT2D eigenvalue weighted by Crippen LogP contribution is -2.60. The molecule has 3 heterocycles. The number of hydrogen-bond acceptors (Lipinski definition) is 5. The molecule has 0 bridgehead atoms. The highest BCUT2D eigenvalue weighted by molar-refractivity contribution is 5.82. The molecular weight excluding hydrogens is 302 g/mol. The fourth-order valence-corrected chi connectivity index (χ4v) is 4.86. The average Bonchev–Trinajstić information content (AvgIpc) is 2.55. The molecule has 1 amide bonds. The maximum atomic E-state index is 12.8. The number of likely N-dealkylation sites (tertiary alicyclic amines) is 1. The second-order valence-corrected chi connectivity index (χ2v) is 8.26. The van der Waals surface area contributed by atoms with E-state index in [-0.39, 0.29) is 12.1 Å². The molecule has 0 aliphatic carbocycles. The molecule has 5 unspecified atom stereocenters. The van der Waals surface area contributed by atoms with Crippen LogP contribution in [0.2, 0.25) is 0 Å². The van der Waals surface area contributed by atoms with Crippen molar-refractivity contribution in [1.82, 2.24) is 20.0 Å². The average molecular weight is 338 g/mol. The molecule has 0 aromatic carbocycles. The number of piperidine rings is 2. The third-order valence-electron chi connectivity index (χ3n) is 6.47. The fourth-order valence-electron chi connectivity index (χ4n) is 4.86. The van der Waals surface area contributed by atoms with Crippen molar-refractivity contribution >= 4 is 5.91 Å². The minimum Gasteiger partial charge on any atom is -0.339 e. The zero-order valence-electron chi connectivity index (χ0n) is 15.6. The van der Waals surface area contributed by atoms with Crippen LogP contribution in [0.5, 0.6) is 0 Å². The highest BCUT2D eigenvalue weighted by Crippen LogP contribution is 2.33. The van der Waals surface area contributed by atoms with Gasteiger partial charge in [-0.1, -0.05) is 0 Å². The van der Waals surface area contributed by atoms with Crippen LogP contribution < -0.4 is 11.1 Å². The predicted molar refractivity (Wildman–Crippen MR) is 96.8 cm³/mol. The summed E-state index contributed by atoms with van der Waals surface area (Å²) in [5.74, 6) is 1.50. The van der Waals surface area contributed by atoms with E-state index in [4.69, 9.17) is 5.73 Å². The number of hydrogen-bond donors (Lipinski definition) is 2. The molecule has 3 rings (SSSR count). The third kappa shape index (κ3) is 3.93. The molecule has 5 atom stereocenters. The van der Waals surface area contributed by atoms with Crippen molar-refractivity contribution in [3.8, 4) is 0 Å². The second-order valence-electron chi connectivity index (χ2n) is 8.26. The predicted octanol–water partition coefficient (Wildman–Crippen LogP) is -0.204. The molecule has 0 saturated carbocycles. The molecule has 3 N–H and O–H groups in total. The van der Waals surface area contributed by atoms with Crippen LogP contribution in [0.25, 0.3) is 0 Å². The lowest BCUT2D eigenvalue weighted by molar-refractivity contribution is -0.136. The molecule has 24 heavy (non-hydrogen) atoms. The first-order valence-electron chi connectivity index (χ1n) is 9.63. The highest BCUT2D eigenvalue weighted by atomic mass is 16.2. The number of amides is 1. The van der Waals surface area contributed by atoms with Crippen molar-refractivity contribution in [2.24, 2.45) is 17.6 Å². The van der Waals surface area contributed by atoms with Crippen LogP contribution in [0, 0.1) is 11.8 Å². The van der Waals surface area contributed by atoms with Gasteiger partial charge in [0.05, 0.1) is 6.04 Å². The summed E-state index contributed by atoms with van der Waals surface area (Å²) in [5.41, 5.74) is 6.44. The van der Waals surface area contributed by atoms with Crippen LogP contribution in [0.4, 0.5) is 0 Å². The molecular formula is C18H35N5O. The normalized spacial score (nSPS) is 39.8. The van der Waals surface area contributed by atoms with Crippen molar-refractivity contribution in [2.45, 2.75) is 44.3 Å². The summed E-state index contributed by atoms with van der Waals surface area (Å²) >= 11 is 0. The minimum atomic E-state index is 0.00199. The number of nitrogens with one attached hydrogen (secondary N) is 1. The van der Waals surface area contributed by atoms with Crippen molar-refractivity contribution in [1.29, 1.82) is 0 Å². The van der Waals surface area contributed by atoms with Gasteiger partial charge in [0.1, 0.15) is 0 Å². The Morgan fingerprint density at radius 1 is 0.958 bits per heavy atom. The highest BCUT2D eigenvalue weighted by Gasteiger charge is 2.40. The van der Waals surface area contributed by atoms with Gasteiger partial charge in [-0.05, 0) is 58.7 Å². The lowest BCUT2D eigenvalue weighted by atomic mass is 9.73. The van der Waals surface area contributed by atoms with E-state index in [9.17, 15) is 4.79 Å². The van der Waals surface area contributed by atoms with Crippen LogP contribution >= 0.6 is 0 Å². The van der Waals surface area contributed by atoms with E-state index in [1.165, 1.54) is 6.42 Å². The van der Waals surface area contributed by atoms with Gasteiger partial charge >= 0.3 is 0 Å². The molecule has 6 nitrogen and oxygen atoms in total. The second kappa shape index (κ2) is 7.68. The first-order chi connectivity index (χ1) is 11.5. The molecule has 3 fully saturated rings. The Bertz CT molecular complexity index is 437. The first-order valence-corrected chi connectivity index (χ1v) is 9.63. The number of piperazine rings is 1. The van der Waals surface area contributed by atoms with E-state index < -0.39 is 0 Å². The maximum Gasteiger partial charge on any atom is 0.239 e. The first kappa shape index (κ1) is 18.1. The van der Waals surface area contributed by atoms with Crippen molar-refractivity contribution in [3.63, 3.8) is 0 Å². The molecule has 6 heteroatoms. The minimum absolute atomic E-state index is 0.00199. The number of carbonyl (C=O) groups is 1. The number of nitrogens with two attached hydrogens (primary N) is 1. The van der Waals surface area contributed by atoms with Gasteiger partial charge in [0.25, 0.3) is 0 Å². The van der Waals surface area contributed by atoms with Crippen molar-refractivity contribution < 1.29 is 4.79 Å². The zero-order valence-corrected chi connectivity index (χ0v) is 15.6. The Balaban J connectivity index is 1.54. The number of nitrogens with zero attached hydrogens (tertiary/aromatic N) is 3. The Labute approximate surface area is 146 Å². The molecule has 3 saturated heterocycles. The molecule has 0 spiro atoms. The van der Waals surface area contributed by atoms with E-state index in [1.54, 1.807) is 0 Å². The van der Waals surface area contributed by atoms with Gasteiger partial charge in [0.15, 0.2) is 0 Å². The molecule has 0 aromatic heterocycles. The Morgan fingerprint density at radius 2 is 1.67 bits per heavy atom. The van der Waals surface area contributed by atoms with E-state index in [1.807, 2.05) is 4.90 Å². The van der Waals surface area contributed by atoms with E-state index >= 15 is 0 Å². The van der Waals surface area contributed by atoms with Gasteiger partial charge in [-0.25, -0.2) is 0 Å². The van der Waals surface area contributed by atoms with E-state index in [0.717, 1.165) is 52.1 Å². The molecule has 138 valence electrons. The lowest BCUT2D eigenvalue weighted by Gasteiger charge is -2.45. The Kier molecular flexibility index (Phi) is 5.80. The SMILES string of the molecule is CC1NC(C(=O)N2CCN(C)CC2)CCC1C1CCN(C)CC1N. The summed E-state index contributed by atoms with van der Waals surface area (Å²) in [6, 6.07) is 0.643. The van der Waals surface area contributed by atoms with Gasteiger partial charge in [0, 0.05) is 44.8 Å². The third-order valence-corrected chi connectivity index (χ3v) is 6.47. The maximum absolute atomic E-state index is 12.8. The van der Waals surface area contributed by atoms with Crippen molar-refractivity contribution in [3.05, 3.63) is 0 Å². The number of carbonyl (C=O) groups excluding carboxylic acids is 1. The van der Waals surface area contributed by atoms with Gasteiger partial charge in [0.2, 0.25) is 5.91 Å². The van der Waals surface area contributed by atoms with Crippen LogP contribution in [-0.2, 0) is 4.79 Å². The summed E-state index contributed by atoms with van der Waals surface area (Å²) in [7, 11) is 4.28. The summed E-state index contributed by atoms with van der Waals surface area (Å²) < 4.78 is 0. The molecule has 3 aliphatic heterocycles. The van der Waals surface area contributed by atoms with Crippen LogP contribution in [-0.4, -0.2) is 92.1 Å². The van der Waals surface area contributed by atoms with E-state index in [2.05, 4.69) is 36.1 Å². The number of likely N-dealkylation sites (N-methyl/N-ethyl adjacent to an activating group) is 2. The van der Waals surface area contributed by atoms with Gasteiger partial charge in [-0.15, -0.1) is 0 Å². The van der Waals surface area contributed by atoms with Gasteiger partial charge in [-0.3, -0.25) is 4.79 Å². The fraction of sp³-hybridized carbons (Fsp3) is 0.944. The zero-order chi connectivity index (χ0) is 17.3. The topological polar surface area (TPSA) is 64.8 Å². The summed E-state index contributed by atoms with van der Waals surface area (Å²) in [4.78, 5) is 19.5. The smallest absolute Gasteiger partial charge is 0.239 e. The largest absolute Gasteiger partial charge is 0.339 e. The summed E-state index contributed by atoms with van der Waals surface area (Å²) in [6.45, 7) is 8.10. The van der Waals surface area contributed by atoms with Crippen LogP contribution in [0.1, 0.15) is 26.2 Å². The van der Waals surface area contributed by atoms with Crippen LogP contribution in [0.3, 0.4) is 0 Å². The molecule has 0 aromatic rings. The molecule has 3 aliphatic rings. The Hall–Kier alpha value is -0.690. The monoisotopic (exact) mass is 337 g/mol. The van der Waals surface area contributed by atoms with Gasteiger partial charge < -0.3 is 25.8 Å². The standard InChI is InChI=1S/C18H35N5O/c1-13-14(15-6-7-22(3)12-16(15)19)4-5-17(20-13)18(24)23-10-8-21(2)9-11-23/h13-17,20H,4-12,19H2,1-3H3. The molecule has 0 radical (unpaired) electrons.